The van der Waals surface area contributed by atoms with Crippen LogP contribution < -0.4 is 5.32 Å². The Labute approximate surface area is 197 Å². The Morgan fingerprint density at radius 1 is 0.667 bits per heavy atom. The number of hydrogen-bond donors (Lipinski definition) is 1. The van der Waals surface area contributed by atoms with Gasteiger partial charge < -0.3 is 38.5 Å². The summed E-state index contributed by atoms with van der Waals surface area (Å²) in [7, 11) is 0. The van der Waals surface area contributed by atoms with Gasteiger partial charge in [0.15, 0.2) is 0 Å². The zero-order chi connectivity index (χ0) is 23.2. The van der Waals surface area contributed by atoms with Gasteiger partial charge in [0.2, 0.25) is 0 Å². The molecule has 0 bridgehead atoms. The van der Waals surface area contributed by atoms with Crippen LogP contribution in [0.4, 0.5) is 0 Å². The Kier molecular flexibility index (Phi) is 16.6. The van der Waals surface area contributed by atoms with Crippen LogP contribution in [0.5, 0.6) is 0 Å². The number of benzene rings is 1. The molecule has 1 aliphatic heterocycles. The molecule has 9 nitrogen and oxygen atoms in total. The fourth-order valence-corrected chi connectivity index (χ4v) is 3.07. The summed E-state index contributed by atoms with van der Waals surface area (Å²) in [6.07, 6.45) is 2.53. The van der Waals surface area contributed by atoms with E-state index in [2.05, 4.69) is 5.32 Å². The topological polar surface area (TPSA) is 93.7 Å². The molecule has 0 unspecified atom stereocenters. The van der Waals surface area contributed by atoms with Crippen molar-refractivity contribution in [3.05, 3.63) is 35.9 Å². The first kappa shape index (κ1) is 27.7. The second-order valence-corrected chi connectivity index (χ2v) is 7.38. The molecule has 0 aromatic heterocycles. The van der Waals surface area contributed by atoms with E-state index in [0.717, 1.165) is 25.9 Å². The molecule has 33 heavy (non-hydrogen) atoms. The summed E-state index contributed by atoms with van der Waals surface area (Å²) < 4.78 is 38.1. The minimum Gasteiger partial charge on any atom is -0.460 e. The van der Waals surface area contributed by atoms with Crippen LogP contribution in [-0.2, 0) is 33.2 Å². The number of nitrogens with one attached hydrogen (secondary N) is 1. The highest BCUT2D eigenvalue weighted by Crippen LogP contribution is 2.06. The molecule has 9 heteroatoms. The SMILES string of the molecule is O=C(OCCOCCOCCOCCOCCOCCOC1CCNCC1)c1ccccc1. The van der Waals surface area contributed by atoms with Gasteiger partial charge in [-0.25, -0.2) is 4.79 Å². The van der Waals surface area contributed by atoms with Crippen molar-refractivity contribution in [2.45, 2.75) is 18.9 Å². The van der Waals surface area contributed by atoms with Crippen LogP contribution in [0.3, 0.4) is 0 Å². The van der Waals surface area contributed by atoms with Crippen molar-refractivity contribution in [1.82, 2.24) is 5.32 Å². The summed E-state index contributed by atoms with van der Waals surface area (Å²) in [6.45, 7) is 7.92. The van der Waals surface area contributed by atoms with Gasteiger partial charge in [0.25, 0.3) is 0 Å². The number of hydrogen-bond acceptors (Lipinski definition) is 9. The molecule has 0 aliphatic carbocycles. The lowest BCUT2D eigenvalue weighted by Crippen LogP contribution is -2.33. The molecule has 1 aromatic carbocycles. The van der Waals surface area contributed by atoms with Gasteiger partial charge in [0.1, 0.15) is 6.61 Å². The third kappa shape index (κ3) is 15.0. The molecule has 1 N–H and O–H groups in total. The Morgan fingerprint density at radius 3 is 1.64 bits per heavy atom. The summed E-state index contributed by atoms with van der Waals surface area (Å²) in [6, 6.07) is 8.88. The van der Waals surface area contributed by atoms with Crippen molar-refractivity contribution >= 4 is 5.97 Å². The van der Waals surface area contributed by atoms with E-state index in [9.17, 15) is 4.79 Å². The van der Waals surface area contributed by atoms with E-state index in [1.165, 1.54) is 0 Å². The molecule has 0 radical (unpaired) electrons. The molecule has 1 fully saturated rings. The van der Waals surface area contributed by atoms with Gasteiger partial charge >= 0.3 is 5.97 Å². The predicted molar refractivity (Wildman–Crippen MR) is 123 cm³/mol. The number of esters is 1. The van der Waals surface area contributed by atoms with E-state index < -0.39 is 0 Å². The highest BCUT2D eigenvalue weighted by molar-refractivity contribution is 5.89. The number of rotatable bonds is 20. The lowest BCUT2D eigenvalue weighted by molar-refractivity contribution is -0.0302. The fraction of sp³-hybridized carbons (Fsp3) is 0.708. The standard InChI is InChI=1S/C24H39NO8/c26-24(22-4-2-1-3-5-22)33-21-19-31-17-15-29-13-11-27-10-12-28-14-16-30-18-20-32-23-6-8-25-9-7-23/h1-5,23,25H,6-21H2. The van der Waals surface area contributed by atoms with Crippen LogP contribution in [0, 0.1) is 0 Å². The maximum Gasteiger partial charge on any atom is 0.338 e. The molecule has 1 aliphatic rings. The van der Waals surface area contributed by atoms with Crippen molar-refractivity contribution in [2.75, 3.05) is 92.4 Å². The molecule has 0 amide bonds. The Hall–Kier alpha value is -1.59. The molecule has 1 saturated heterocycles. The summed E-state index contributed by atoms with van der Waals surface area (Å²) in [5, 5.41) is 3.32. The van der Waals surface area contributed by atoms with Gasteiger partial charge in [-0.05, 0) is 38.1 Å². The highest BCUT2D eigenvalue weighted by atomic mass is 16.6. The second kappa shape index (κ2) is 19.8. The minimum absolute atomic E-state index is 0.216. The molecule has 0 atom stereocenters. The summed E-state index contributed by atoms with van der Waals surface area (Å²) in [5.41, 5.74) is 0.535. The van der Waals surface area contributed by atoms with E-state index in [0.29, 0.717) is 84.3 Å². The molecule has 2 rings (SSSR count). The van der Waals surface area contributed by atoms with Crippen molar-refractivity contribution < 1.29 is 38.0 Å². The van der Waals surface area contributed by atoms with Crippen LogP contribution in [0.1, 0.15) is 23.2 Å². The number of carbonyl (C=O) groups excluding carboxylic acids is 1. The van der Waals surface area contributed by atoms with Gasteiger partial charge in [-0.1, -0.05) is 18.2 Å². The summed E-state index contributed by atoms with van der Waals surface area (Å²) in [4.78, 5) is 11.7. The quantitative estimate of drug-likeness (QED) is 0.226. The largest absolute Gasteiger partial charge is 0.460 e. The molecular formula is C24H39NO8. The van der Waals surface area contributed by atoms with Crippen LogP contribution in [-0.4, -0.2) is 104 Å². The molecule has 1 aromatic rings. The van der Waals surface area contributed by atoms with Crippen LogP contribution in [0.25, 0.3) is 0 Å². The first-order valence-electron chi connectivity index (χ1n) is 11.8. The molecule has 1 heterocycles. The van der Waals surface area contributed by atoms with Gasteiger partial charge in [0, 0.05) is 0 Å². The third-order valence-electron chi connectivity index (χ3n) is 4.83. The Bertz CT molecular complexity index is 583. The maximum absolute atomic E-state index is 11.7. The van der Waals surface area contributed by atoms with Crippen molar-refractivity contribution in [3.63, 3.8) is 0 Å². The number of piperidine rings is 1. The predicted octanol–water partition coefficient (Wildman–Crippen LogP) is 1.70. The van der Waals surface area contributed by atoms with E-state index in [1.807, 2.05) is 6.07 Å². The minimum atomic E-state index is -0.346. The van der Waals surface area contributed by atoms with E-state index in [4.69, 9.17) is 33.2 Å². The van der Waals surface area contributed by atoms with Gasteiger partial charge in [0.05, 0.1) is 84.3 Å². The first-order chi connectivity index (χ1) is 16.4. The summed E-state index contributed by atoms with van der Waals surface area (Å²) >= 11 is 0. The molecule has 0 spiro atoms. The van der Waals surface area contributed by atoms with Crippen molar-refractivity contribution in [3.8, 4) is 0 Å². The van der Waals surface area contributed by atoms with Crippen molar-refractivity contribution in [1.29, 1.82) is 0 Å². The molecular weight excluding hydrogens is 430 g/mol. The van der Waals surface area contributed by atoms with E-state index in [-0.39, 0.29) is 12.6 Å². The molecule has 0 saturated carbocycles. The average Bonchev–Trinajstić information content (AvgIpc) is 2.86. The van der Waals surface area contributed by atoms with Crippen LogP contribution >= 0.6 is 0 Å². The van der Waals surface area contributed by atoms with Crippen molar-refractivity contribution in [2.24, 2.45) is 0 Å². The van der Waals surface area contributed by atoms with Crippen LogP contribution in [0.2, 0.25) is 0 Å². The highest BCUT2D eigenvalue weighted by Gasteiger charge is 2.12. The molecule has 188 valence electrons. The lowest BCUT2D eigenvalue weighted by Gasteiger charge is -2.22. The number of carbonyl (C=O) groups is 1. The normalized spacial score (nSPS) is 14.4. The lowest BCUT2D eigenvalue weighted by atomic mass is 10.1. The maximum atomic E-state index is 11.7. The smallest absolute Gasteiger partial charge is 0.338 e. The average molecular weight is 470 g/mol. The zero-order valence-corrected chi connectivity index (χ0v) is 19.5. The van der Waals surface area contributed by atoms with E-state index in [1.54, 1.807) is 24.3 Å². The van der Waals surface area contributed by atoms with Gasteiger partial charge in [-0.3, -0.25) is 0 Å². The monoisotopic (exact) mass is 469 g/mol. The van der Waals surface area contributed by atoms with Crippen LogP contribution in [0.15, 0.2) is 30.3 Å². The third-order valence-corrected chi connectivity index (χ3v) is 4.83. The Balaban J connectivity index is 1.22. The fourth-order valence-electron chi connectivity index (χ4n) is 3.07. The first-order valence-corrected chi connectivity index (χ1v) is 11.8. The van der Waals surface area contributed by atoms with Gasteiger partial charge in [-0.15, -0.1) is 0 Å². The second-order valence-electron chi connectivity index (χ2n) is 7.38. The van der Waals surface area contributed by atoms with E-state index >= 15 is 0 Å². The van der Waals surface area contributed by atoms with Gasteiger partial charge in [-0.2, -0.15) is 0 Å². The number of ether oxygens (including phenoxy) is 7. The zero-order valence-electron chi connectivity index (χ0n) is 19.5. The summed E-state index contributed by atoms with van der Waals surface area (Å²) in [5.74, 6) is -0.346. The Morgan fingerprint density at radius 2 is 1.12 bits per heavy atom.